The van der Waals surface area contributed by atoms with E-state index in [1.807, 2.05) is 0 Å². The topological polar surface area (TPSA) is 96.0 Å². The van der Waals surface area contributed by atoms with Gasteiger partial charge >= 0.3 is 6.18 Å². The fourth-order valence-electron chi connectivity index (χ4n) is 2.92. The summed E-state index contributed by atoms with van der Waals surface area (Å²) < 4.78 is 39.1. The molecule has 0 saturated carbocycles. The lowest BCUT2D eigenvalue weighted by Crippen LogP contribution is -2.40. The summed E-state index contributed by atoms with van der Waals surface area (Å²) in [7, 11) is 0. The number of nitrogens with two attached hydrogens (primary N) is 1. The highest BCUT2D eigenvalue weighted by Gasteiger charge is 2.35. The van der Waals surface area contributed by atoms with Crippen LogP contribution in [-0.2, 0) is 6.18 Å². The zero-order chi connectivity index (χ0) is 20.5. The third-order valence-electron chi connectivity index (χ3n) is 4.32. The van der Waals surface area contributed by atoms with E-state index in [4.69, 9.17) is 22.7 Å². The molecule has 0 aliphatic carbocycles. The molecule has 1 aromatic heterocycles. The number of nitrogens with one attached hydrogen (secondary N) is 1. The molecule has 1 aromatic carbocycles. The number of aromatic nitrogens is 2. The molecule has 0 bridgehead atoms. The Kier molecular flexibility index (Phi) is 5.37. The van der Waals surface area contributed by atoms with Crippen molar-refractivity contribution < 1.29 is 18.0 Å². The Morgan fingerprint density at radius 3 is 2.64 bits per heavy atom. The molecule has 0 saturated heterocycles. The number of nitrogens with zero attached hydrogens (tertiary/aromatic N) is 3. The third-order valence-corrected chi connectivity index (χ3v) is 4.73. The summed E-state index contributed by atoms with van der Waals surface area (Å²) in [5.41, 5.74) is 6.00. The van der Waals surface area contributed by atoms with Crippen LogP contribution in [0.4, 0.5) is 13.2 Å². The van der Waals surface area contributed by atoms with E-state index >= 15 is 0 Å². The minimum atomic E-state index is -4.66. The van der Waals surface area contributed by atoms with Gasteiger partial charge in [0.25, 0.3) is 5.91 Å². The van der Waals surface area contributed by atoms with E-state index in [1.54, 1.807) is 0 Å². The van der Waals surface area contributed by atoms with Crippen molar-refractivity contribution in [1.29, 1.82) is 5.41 Å². The molecule has 146 valence electrons. The second kappa shape index (κ2) is 7.59. The standard InChI is InChI=1S/C18H15ClF3N5O/c19-15-11(2-1-3-12(15)18(20,21)22)17(28)27-7-4-10(13(23)9-27)16(24)14-8-25-5-6-26-14/h1-3,5-6,8,24H,4,7,9,23H2. The maximum absolute atomic E-state index is 13.0. The SMILES string of the molecule is N=C(C1=C(N)CN(C(=O)c2cccc(C(F)(F)F)c2Cl)CC1)c1cnccn1. The Bertz CT molecular complexity index is 959. The summed E-state index contributed by atoms with van der Waals surface area (Å²) in [4.78, 5) is 22.0. The van der Waals surface area contributed by atoms with Crippen LogP contribution in [0, 0.1) is 5.41 Å². The lowest BCUT2D eigenvalue weighted by Gasteiger charge is -2.30. The average molecular weight is 410 g/mol. The van der Waals surface area contributed by atoms with Crippen LogP contribution in [0.1, 0.15) is 28.0 Å². The van der Waals surface area contributed by atoms with Gasteiger partial charge in [-0.25, -0.2) is 0 Å². The molecule has 0 unspecified atom stereocenters. The van der Waals surface area contributed by atoms with Crippen molar-refractivity contribution in [2.24, 2.45) is 5.73 Å². The molecule has 2 heterocycles. The van der Waals surface area contributed by atoms with Crippen LogP contribution in [0.3, 0.4) is 0 Å². The molecule has 6 nitrogen and oxygen atoms in total. The molecule has 0 radical (unpaired) electrons. The predicted molar refractivity (Wildman–Crippen MR) is 97.0 cm³/mol. The zero-order valence-corrected chi connectivity index (χ0v) is 15.2. The first kappa shape index (κ1) is 19.8. The molecule has 1 aliphatic heterocycles. The van der Waals surface area contributed by atoms with Crippen molar-refractivity contribution in [2.75, 3.05) is 13.1 Å². The van der Waals surface area contributed by atoms with Gasteiger partial charge in [-0.15, -0.1) is 0 Å². The van der Waals surface area contributed by atoms with Crippen molar-refractivity contribution in [3.8, 4) is 0 Å². The van der Waals surface area contributed by atoms with Gasteiger partial charge in [0.15, 0.2) is 0 Å². The molecule has 2 aromatic rings. The van der Waals surface area contributed by atoms with Gasteiger partial charge in [0.05, 0.1) is 34.6 Å². The van der Waals surface area contributed by atoms with Gasteiger partial charge in [0, 0.05) is 30.2 Å². The third kappa shape index (κ3) is 3.84. The monoisotopic (exact) mass is 409 g/mol. The van der Waals surface area contributed by atoms with E-state index in [-0.39, 0.29) is 36.5 Å². The molecular formula is C18H15ClF3N5O. The number of hydrogen-bond acceptors (Lipinski definition) is 5. The Balaban J connectivity index is 1.84. The first-order chi connectivity index (χ1) is 13.2. The predicted octanol–water partition coefficient (Wildman–Crippen LogP) is 3.28. The Morgan fingerprint density at radius 1 is 1.29 bits per heavy atom. The number of rotatable bonds is 3. The molecule has 1 aliphatic rings. The van der Waals surface area contributed by atoms with Gasteiger partial charge < -0.3 is 10.6 Å². The normalized spacial score (nSPS) is 14.9. The smallest absolute Gasteiger partial charge is 0.400 e. The molecule has 3 rings (SSSR count). The Morgan fingerprint density at radius 2 is 2.04 bits per heavy atom. The van der Waals surface area contributed by atoms with E-state index in [1.165, 1.54) is 29.6 Å². The number of halogens is 4. The largest absolute Gasteiger partial charge is 0.417 e. The van der Waals surface area contributed by atoms with Gasteiger partial charge in [-0.05, 0) is 18.6 Å². The second-order valence-corrected chi connectivity index (χ2v) is 6.49. The summed E-state index contributed by atoms with van der Waals surface area (Å²) >= 11 is 5.84. The Labute approximate surface area is 163 Å². The molecule has 3 N–H and O–H groups in total. The average Bonchev–Trinajstić information content (AvgIpc) is 2.67. The number of alkyl halides is 3. The van der Waals surface area contributed by atoms with Crippen LogP contribution < -0.4 is 5.73 Å². The lowest BCUT2D eigenvalue weighted by molar-refractivity contribution is -0.137. The maximum Gasteiger partial charge on any atom is 0.417 e. The first-order valence-electron chi connectivity index (χ1n) is 8.18. The summed E-state index contributed by atoms with van der Waals surface area (Å²) in [5.74, 6) is -0.649. The number of amides is 1. The van der Waals surface area contributed by atoms with Crippen LogP contribution in [0.15, 0.2) is 48.1 Å². The summed E-state index contributed by atoms with van der Waals surface area (Å²) in [6.07, 6.45) is -0.0250. The molecule has 0 spiro atoms. The van der Waals surface area contributed by atoms with Crippen LogP contribution in [-0.4, -0.2) is 39.6 Å². The minimum Gasteiger partial charge on any atom is -0.400 e. The van der Waals surface area contributed by atoms with Crippen molar-refractivity contribution in [3.05, 3.63) is 69.9 Å². The Hall–Kier alpha value is -2.94. The van der Waals surface area contributed by atoms with Crippen molar-refractivity contribution in [3.63, 3.8) is 0 Å². The van der Waals surface area contributed by atoms with E-state index in [0.29, 0.717) is 11.3 Å². The summed E-state index contributed by atoms with van der Waals surface area (Å²) in [6, 6.07) is 3.21. The van der Waals surface area contributed by atoms with Crippen molar-refractivity contribution >= 4 is 23.2 Å². The lowest BCUT2D eigenvalue weighted by atomic mass is 9.98. The highest BCUT2D eigenvalue weighted by atomic mass is 35.5. The minimum absolute atomic E-state index is 0.0244. The number of benzene rings is 1. The first-order valence-corrected chi connectivity index (χ1v) is 8.55. The molecular weight excluding hydrogens is 395 g/mol. The quantitative estimate of drug-likeness (QED) is 0.760. The fraction of sp³-hybridized carbons (Fsp3) is 0.222. The highest BCUT2D eigenvalue weighted by molar-refractivity contribution is 6.34. The van der Waals surface area contributed by atoms with E-state index in [2.05, 4.69) is 9.97 Å². The van der Waals surface area contributed by atoms with E-state index in [9.17, 15) is 18.0 Å². The fourth-order valence-corrected chi connectivity index (χ4v) is 3.23. The number of carbonyl (C=O) groups is 1. The van der Waals surface area contributed by atoms with Gasteiger partial charge in [-0.3, -0.25) is 20.2 Å². The number of hydrogen-bond donors (Lipinski definition) is 2. The van der Waals surface area contributed by atoms with E-state index in [0.717, 1.165) is 12.1 Å². The summed E-state index contributed by atoms with van der Waals surface area (Å²) in [5, 5.41) is 7.59. The molecule has 0 atom stereocenters. The highest BCUT2D eigenvalue weighted by Crippen LogP contribution is 2.36. The van der Waals surface area contributed by atoms with Gasteiger partial charge in [0.2, 0.25) is 0 Å². The van der Waals surface area contributed by atoms with Gasteiger partial charge in [-0.2, -0.15) is 13.2 Å². The van der Waals surface area contributed by atoms with E-state index < -0.39 is 22.7 Å². The summed E-state index contributed by atoms with van der Waals surface area (Å²) in [6.45, 7) is 0.160. The van der Waals surface area contributed by atoms with Crippen molar-refractivity contribution in [1.82, 2.24) is 14.9 Å². The van der Waals surface area contributed by atoms with Gasteiger partial charge in [-0.1, -0.05) is 17.7 Å². The van der Waals surface area contributed by atoms with Crippen molar-refractivity contribution in [2.45, 2.75) is 12.6 Å². The molecule has 28 heavy (non-hydrogen) atoms. The molecule has 1 amide bonds. The van der Waals surface area contributed by atoms with Crippen LogP contribution >= 0.6 is 11.6 Å². The molecule has 10 heteroatoms. The van der Waals surface area contributed by atoms with Crippen LogP contribution in [0.25, 0.3) is 0 Å². The second-order valence-electron chi connectivity index (χ2n) is 6.11. The maximum atomic E-state index is 13.0. The van der Waals surface area contributed by atoms with Crippen LogP contribution in [0.2, 0.25) is 5.02 Å². The molecule has 0 fully saturated rings. The van der Waals surface area contributed by atoms with Gasteiger partial charge in [0.1, 0.15) is 5.69 Å². The zero-order valence-electron chi connectivity index (χ0n) is 14.4. The number of carbonyl (C=O) groups excluding carboxylic acids is 1. The van der Waals surface area contributed by atoms with Crippen LogP contribution in [0.5, 0.6) is 0 Å².